The smallest absolute Gasteiger partial charge is 0.304 e. The average Bonchev–Trinajstić information content (AvgIpc) is 3.37. The topological polar surface area (TPSA) is 180 Å². The standard InChI is InChI=1S/C33H40N6O8S2/c1-5-20-18-33(20,31(43)37-49(44,45)38-12-14-46-15-13-38)36-28(41)24-17-21(19-39(24)30(42)27(40)32(2,3)4)47-29-26(25-11-8-16-48-25)34-22-9-6-7-10-23(22)35-29/h5-11,16,20-21,24,27,40H,1,12-15,17-19H2,2-4H3,(H,36,41)(H,37,43)/t20-,21-,24+,27-,33-/m1/s1. The third-order valence-corrected chi connectivity index (χ3v) is 11.4. The number of aromatic nitrogens is 2. The van der Waals surface area contributed by atoms with Crippen LogP contribution in [-0.2, 0) is 29.3 Å². The van der Waals surface area contributed by atoms with Crippen LogP contribution in [0.15, 0.2) is 54.4 Å². The first-order valence-electron chi connectivity index (χ1n) is 16.0. The molecule has 6 rings (SSSR count). The second kappa shape index (κ2) is 13.4. The van der Waals surface area contributed by atoms with Crippen LogP contribution in [0.25, 0.3) is 21.6 Å². The quantitative estimate of drug-likeness (QED) is 0.263. The van der Waals surface area contributed by atoms with E-state index in [4.69, 9.17) is 19.4 Å². The summed E-state index contributed by atoms with van der Waals surface area (Å²) >= 11 is 1.46. The zero-order valence-corrected chi connectivity index (χ0v) is 29.1. The van der Waals surface area contributed by atoms with E-state index >= 15 is 0 Å². The van der Waals surface area contributed by atoms with Gasteiger partial charge >= 0.3 is 10.2 Å². The molecule has 3 amide bonds. The summed E-state index contributed by atoms with van der Waals surface area (Å²) in [5.74, 6) is -2.58. The number of benzene rings is 1. The third kappa shape index (κ3) is 7.05. The number of hydrogen-bond donors (Lipinski definition) is 3. The number of carbonyl (C=O) groups is 3. The molecule has 5 atom stereocenters. The van der Waals surface area contributed by atoms with E-state index in [0.29, 0.717) is 16.7 Å². The number of morpholine rings is 1. The molecular formula is C33H40N6O8S2. The van der Waals surface area contributed by atoms with Gasteiger partial charge in [0, 0.05) is 25.4 Å². The normalized spacial score (nSPS) is 25.1. The van der Waals surface area contributed by atoms with E-state index in [1.54, 1.807) is 20.8 Å². The molecular weight excluding hydrogens is 673 g/mol. The minimum atomic E-state index is -4.21. The van der Waals surface area contributed by atoms with Crippen LogP contribution in [-0.4, -0.2) is 107 Å². The van der Waals surface area contributed by atoms with Crippen LogP contribution in [0.3, 0.4) is 0 Å². The second-order valence-corrected chi connectivity index (χ2v) is 16.2. The highest BCUT2D eigenvalue weighted by Crippen LogP contribution is 2.45. The summed E-state index contributed by atoms with van der Waals surface area (Å²) in [4.78, 5) is 53.0. The molecule has 262 valence electrons. The highest BCUT2D eigenvalue weighted by molar-refractivity contribution is 7.87. The van der Waals surface area contributed by atoms with Crippen molar-refractivity contribution in [2.75, 3.05) is 32.8 Å². The molecule has 0 bridgehead atoms. The fourth-order valence-corrected chi connectivity index (χ4v) is 7.98. The Hall–Kier alpha value is -3.96. The number of amides is 3. The van der Waals surface area contributed by atoms with E-state index in [2.05, 4.69) is 16.6 Å². The highest BCUT2D eigenvalue weighted by atomic mass is 32.2. The van der Waals surface area contributed by atoms with Crippen molar-refractivity contribution in [2.24, 2.45) is 11.3 Å². The summed E-state index contributed by atoms with van der Waals surface area (Å²) in [6, 6.07) is 9.98. The zero-order valence-electron chi connectivity index (χ0n) is 27.5. The molecule has 1 aromatic carbocycles. The number of rotatable bonds is 10. The fourth-order valence-electron chi connectivity index (χ4n) is 6.10. The van der Waals surface area contributed by atoms with Gasteiger partial charge in [0.15, 0.2) is 0 Å². The summed E-state index contributed by atoms with van der Waals surface area (Å²) < 4.78 is 40.9. The summed E-state index contributed by atoms with van der Waals surface area (Å²) in [5.41, 5.74) is -0.645. The Balaban J connectivity index is 1.27. The molecule has 0 radical (unpaired) electrons. The lowest BCUT2D eigenvalue weighted by molar-refractivity contribution is -0.150. The van der Waals surface area contributed by atoms with E-state index in [-0.39, 0.29) is 51.6 Å². The number of aliphatic hydroxyl groups is 1. The van der Waals surface area contributed by atoms with Crippen LogP contribution in [0.1, 0.15) is 33.6 Å². The summed E-state index contributed by atoms with van der Waals surface area (Å²) in [7, 11) is -4.21. The van der Waals surface area contributed by atoms with Gasteiger partial charge in [-0.1, -0.05) is 45.0 Å². The molecule has 2 aliphatic heterocycles. The molecule has 3 aromatic rings. The molecule has 1 saturated carbocycles. The Morgan fingerprint density at radius 3 is 2.45 bits per heavy atom. The van der Waals surface area contributed by atoms with Crippen LogP contribution in [0.5, 0.6) is 5.88 Å². The van der Waals surface area contributed by atoms with Gasteiger partial charge in [0.25, 0.3) is 11.8 Å². The van der Waals surface area contributed by atoms with Gasteiger partial charge in [0.2, 0.25) is 11.8 Å². The van der Waals surface area contributed by atoms with E-state index < -0.39 is 63.1 Å². The first-order valence-corrected chi connectivity index (χ1v) is 18.4. The first-order chi connectivity index (χ1) is 23.2. The van der Waals surface area contributed by atoms with Crippen LogP contribution >= 0.6 is 11.3 Å². The van der Waals surface area contributed by atoms with Gasteiger partial charge in [-0.3, -0.25) is 14.4 Å². The molecule has 49 heavy (non-hydrogen) atoms. The van der Waals surface area contributed by atoms with Gasteiger partial charge in [-0.2, -0.15) is 12.7 Å². The summed E-state index contributed by atoms with van der Waals surface area (Å²) in [5, 5.41) is 15.7. The van der Waals surface area contributed by atoms with Crippen LogP contribution in [0.2, 0.25) is 0 Å². The molecule has 0 unspecified atom stereocenters. The Morgan fingerprint density at radius 1 is 1.14 bits per heavy atom. The molecule has 0 spiro atoms. The molecule has 16 heteroatoms. The zero-order chi connectivity index (χ0) is 35.1. The molecule has 3 aliphatic rings. The number of fused-ring (bicyclic) bond motifs is 1. The fraction of sp³-hybridized carbons (Fsp3) is 0.485. The molecule has 2 saturated heterocycles. The first kappa shape index (κ1) is 34.9. The van der Waals surface area contributed by atoms with E-state index in [9.17, 15) is 27.9 Å². The van der Waals surface area contributed by atoms with Gasteiger partial charge < -0.3 is 24.8 Å². The Kier molecular flexibility index (Phi) is 9.54. The average molecular weight is 713 g/mol. The number of carbonyl (C=O) groups excluding carboxylic acids is 3. The van der Waals surface area contributed by atoms with Crippen LogP contribution < -0.4 is 14.8 Å². The lowest BCUT2D eigenvalue weighted by Crippen LogP contribution is -2.59. The molecule has 3 fully saturated rings. The van der Waals surface area contributed by atoms with Crippen molar-refractivity contribution in [3.63, 3.8) is 0 Å². The van der Waals surface area contributed by atoms with Crippen molar-refractivity contribution in [3.8, 4) is 16.5 Å². The summed E-state index contributed by atoms with van der Waals surface area (Å²) in [6.07, 6.45) is -0.564. The Bertz CT molecular complexity index is 1860. The van der Waals surface area contributed by atoms with Crippen molar-refractivity contribution in [3.05, 3.63) is 54.4 Å². The predicted octanol–water partition coefficient (Wildman–Crippen LogP) is 1.87. The van der Waals surface area contributed by atoms with Crippen molar-refractivity contribution in [1.82, 2.24) is 29.2 Å². The van der Waals surface area contributed by atoms with E-state index in [0.717, 1.165) is 9.18 Å². The monoisotopic (exact) mass is 712 g/mol. The number of ether oxygens (including phenoxy) is 2. The lowest BCUT2D eigenvalue weighted by atomic mass is 9.88. The molecule has 4 heterocycles. The van der Waals surface area contributed by atoms with Crippen LogP contribution in [0, 0.1) is 11.3 Å². The van der Waals surface area contributed by atoms with Gasteiger partial charge in [-0.15, -0.1) is 17.9 Å². The maximum atomic E-state index is 14.1. The predicted molar refractivity (Wildman–Crippen MR) is 181 cm³/mol. The maximum absolute atomic E-state index is 14.1. The second-order valence-electron chi connectivity index (χ2n) is 13.5. The SMILES string of the molecule is C=C[C@@H]1C[C@]1(NC(=O)[C@@H]1C[C@@H](Oc2nc3ccccc3nc2-c2cccs2)CN1C(=O)[C@@H](O)C(C)(C)C)C(=O)NS(=O)(=O)N1CCOCC1. The number of likely N-dealkylation sites (tertiary alicyclic amines) is 1. The highest BCUT2D eigenvalue weighted by Gasteiger charge is 2.61. The van der Waals surface area contributed by atoms with Gasteiger partial charge in [0.05, 0.1) is 35.7 Å². The lowest BCUT2D eigenvalue weighted by Gasteiger charge is -2.32. The van der Waals surface area contributed by atoms with Crippen LogP contribution in [0.4, 0.5) is 0 Å². The Labute approximate surface area is 288 Å². The number of hydrogen-bond acceptors (Lipinski definition) is 11. The number of thiophene rings is 1. The van der Waals surface area contributed by atoms with Gasteiger partial charge in [-0.05, 0) is 35.4 Å². The molecule has 2 aromatic heterocycles. The Morgan fingerprint density at radius 2 is 1.84 bits per heavy atom. The van der Waals surface area contributed by atoms with Crippen molar-refractivity contribution in [2.45, 2.75) is 57.4 Å². The number of aliphatic hydroxyl groups excluding tert-OH is 1. The molecule has 14 nitrogen and oxygen atoms in total. The molecule has 1 aliphatic carbocycles. The minimum Gasteiger partial charge on any atom is -0.471 e. The van der Waals surface area contributed by atoms with Crippen molar-refractivity contribution < 1.29 is 37.4 Å². The number of nitrogens with one attached hydrogen (secondary N) is 2. The summed E-state index contributed by atoms with van der Waals surface area (Å²) in [6.45, 7) is 9.38. The van der Waals surface area contributed by atoms with E-state index in [1.165, 1.54) is 22.3 Å². The minimum absolute atomic E-state index is 0.00928. The van der Waals surface area contributed by atoms with Gasteiger partial charge in [-0.25, -0.2) is 14.7 Å². The third-order valence-electron chi connectivity index (χ3n) is 9.06. The maximum Gasteiger partial charge on any atom is 0.304 e. The van der Waals surface area contributed by atoms with Crippen molar-refractivity contribution >= 4 is 50.3 Å². The van der Waals surface area contributed by atoms with Gasteiger partial charge in [0.1, 0.15) is 29.5 Å². The number of nitrogens with zero attached hydrogens (tertiary/aromatic N) is 4. The number of para-hydroxylation sites is 2. The van der Waals surface area contributed by atoms with Crippen molar-refractivity contribution in [1.29, 1.82) is 0 Å². The molecule has 3 N–H and O–H groups in total. The largest absolute Gasteiger partial charge is 0.471 e. The van der Waals surface area contributed by atoms with E-state index in [1.807, 2.05) is 41.8 Å².